The van der Waals surface area contributed by atoms with Gasteiger partial charge in [0.2, 0.25) is 0 Å². The summed E-state index contributed by atoms with van der Waals surface area (Å²) in [6, 6.07) is 20.1. The zero-order valence-electron chi connectivity index (χ0n) is 18.5. The number of imide groups is 2. The van der Waals surface area contributed by atoms with Gasteiger partial charge in [0, 0.05) is 17.1 Å². The second-order valence-electron chi connectivity index (χ2n) is 8.13. The van der Waals surface area contributed by atoms with E-state index in [4.69, 9.17) is 0 Å². The van der Waals surface area contributed by atoms with Crippen LogP contribution in [0.2, 0.25) is 0 Å². The second kappa shape index (κ2) is 8.12. The van der Waals surface area contributed by atoms with Crippen LogP contribution < -0.4 is 10.2 Å². The second-order valence-corrected chi connectivity index (χ2v) is 8.13. The molecule has 1 N–H and O–H groups in total. The Kier molecular flexibility index (Phi) is 5.09. The maximum absolute atomic E-state index is 13.3. The van der Waals surface area contributed by atoms with Crippen molar-refractivity contribution in [1.82, 2.24) is 9.88 Å². The zero-order valence-corrected chi connectivity index (χ0v) is 18.5. The molecule has 0 aliphatic carbocycles. The first-order valence-corrected chi connectivity index (χ1v) is 10.7. The minimum atomic E-state index is -0.875. The van der Waals surface area contributed by atoms with Crippen molar-refractivity contribution in [2.75, 3.05) is 4.90 Å². The Balaban J connectivity index is 1.56. The van der Waals surface area contributed by atoms with E-state index in [2.05, 4.69) is 11.4 Å². The van der Waals surface area contributed by atoms with E-state index in [0.29, 0.717) is 5.56 Å². The number of rotatable bonds is 3. The van der Waals surface area contributed by atoms with E-state index in [-0.39, 0.29) is 11.3 Å². The van der Waals surface area contributed by atoms with Crippen LogP contribution in [0.5, 0.6) is 0 Å². The number of aryl methyl sites for hydroxylation is 1. The van der Waals surface area contributed by atoms with Gasteiger partial charge in [0.1, 0.15) is 11.4 Å². The van der Waals surface area contributed by atoms with E-state index in [0.717, 1.165) is 44.9 Å². The van der Waals surface area contributed by atoms with Crippen LogP contribution in [0, 0.1) is 19.7 Å². The lowest BCUT2D eigenvalue weighted by Crippen LogP contribution is -2.54. The van der Waals surface area contributed by atoms with E-state index in [1.165, 1.54) is 18.2 Å². The van der Waals surface area contributed by atoms with E-state index in [1.807, 2.05) is 60.9 Å². The van der Waals surface area contributed by atoms with Gasteiger partial charge in [-0.3, -0.25) is 14.9 Å². The fourth-order valence-electron chi connectivity index (χ4n) is 4.28. The Hall–Kier alpha value is -4.52. The molecule has 4 amide bonds. The molecule has 3 aromatic carbocycles. The summed E-state index contributed by atoms with van der Waals surface area (Å²) in [5, 5.41) is 4.42. The first-order valence-electron chi connectivity index (χ1n) is 10.7. The van der Waals surface area contributed by atoms with E-state index in [1.54, 1.807) is 0 Å². The molecule has 0 radical (unpaired) electrons. The van der Waals surface area contributed by atoms with Gasteiger partial charge in [0.25, 0.3) is 11.8 Å². The summed E-state index contributed by atoms with van der Waals surface area (Å²) in [5.74, 6) is -2.04. The fourth-order valence-corrected chi connectivity index (χ4v) is 4.28. The SMILES string of the molecule is Cc1cc(C=C2C(=O)NC(=O)N(c3ccc(F)cc3)C2=O)c(C)n1-c1ccc2ccccc2c1. The number of barbiturate groups is 1. The van der Waals surface area contributed by atoms with Crippen LogP contribution >= 0.6 is 0 Å². The minimum absolute atomic E-state index is 0.170. The third kappa shape index (κ3) is 3.57. The molecule has 34 heavy (non-hydrogen) atoms. The normalized spacial score (nSPS) is 15.3. The van der Waals surface area contributed by atoms with Crippen LogP contribution in [0.1, 0.15) is 17.0 Å². The van der Waals surface area contributed by atoms with Crippen molar-refractivity contribution < 1.29 is 18.8 Å². The molecule has 0 atom stereocenters. The molecule has 0 spiro atoms. The third-order valence-corrected chi connectivity index (χ3v) is 5.95. The van der Waals surface area contributed by atoms with Crippen LogP contribution in [0.4, 0.5) is 14.9 Å². The summed E-state index contributed by atoms with van der Waals surface area (Å²) in [4.78, 5) is 38.9. The fraction of sp³-hybridized carbons (Fsp3) is 0.0741. The van der Waals surface area contributed by atoms with Gasteiger partial charge in [0.05, 0.1) is 5.69 Å². The summed E-state index contributed by atoms with van der Waals surface area (Å²) < 4.78 is 15.4. The molecule has 1 aromatic heterocycles. The van der Waals surface area contributed by atoms with Crippen LogP contribution in [-0.4, -0.2) is 22.4 Å². The number of carbonyl (C=O) groups is 3. The average Bonchev–Trinajstić information content (AvgIpc) is 3.10. The molecular weight excluding hydrogens is 433 g/mol. The van der Waals surface area contributed by atoms with Gasteiger partial charge in [-0.2, -0.15) is 0 Å². The quantitative estimate of drug-likeness (QED) is 0.348. The Morgan fingerprint density at radius 3 is 2.24 bits per heavy atom. The van der Waals surface area contributed by atoms with Crippen LogP contribution in [-0.2, 0) is 9.59 Å². The van der Waals surface area contributed by atoms with Crippen molar-refractivity contribution in [1.29, 1.82) is 0 Å². The first-order chi connectivity index (χ1) is 16.3. The third-order valence-electron chi connectivity index (χ3n) is 5.95. The standard InChI is InChI=1S/C27H20FN3O3/c1-16-13-20(17(2)30(16)23-10-7-18-5-3-4-6-19(18)14-23)15-24-25(32)29-27(34)31(26(24)33)22-11-8-21(28)9-12-22/h3-15H,1-2H3,(H,29,32,34). The predicted octanol–water partition coefficient (Wildman–Crippen LogP) is 5.05. The topological polar surface area (TPSA) is 71.4 Å². The molecule has 7 heteroatoms. The average molecular weight is 453 g/mol. The molecule has 2 heterocycles. The number of hydrogen-bond acceptors (Lipinski definition) is 3. The number of carbonyl (C=O) groups excluding carboxylic acids is 3. The Labute approximate surface area is 194 Å². The summed E-state index contributed by atoms with van der Waals surface area (Å²) in [7, 11) is 0. The smallest absolute Gasteiger partial charge is 0.318 e. The minimum Gasteiger partial charge on any atom is -0.318 e. The zero-order chi connectivity index (χ0) is 24.0. The van der Waals surface area contributed by atoms with Gasteiger partial charge in [-0.25, -0.2) is 14.1 Å². The number of nitrogens with zero attached hydrogens (tertiary/aromatic N) is 2. The lowest BCUT2D eigenvalue weighted by atomic mass is 10.1. The van der Waals surface area contributed by atoms with Gasteiger partial charge in [-0.05, 0) is 78.7 Å². The van der Waals surface area contributed by atoms with Gasteiger partial charge < -0.3 is 4.57 Å². The highest BCUT2D eigenvalue weighted by Gasteiger charge is 2.37. The van der Waals surface area contributed by atoms with Crippen molar-refractivity contribution in [3.05, 3.63) is 101 Å². The molecule has 0 unspecified atom stereocenters. The maximum atomic E-state index is 13.3. The number of halogens is 1. The molecule has 0 saturated carbocycles. The summed E-state index contributed by atoms with van der Waals surface area (Å²) in [6.45, 7) is 3.85. The highest BCUT2D eigenvalue weighted by Crippen LogP contribution is 2.27. The molecule has 168 valence electrons. The lowest BCUT2D eigenvalue weighted by Gasteiger charge is -2.26. The van der Waals surface area contributed by atoms with E-state index < -0.39 is 23.7 Å². The van der Waals surface area contributed by atoms with Crippen LogP contribution in [0.25, 0.3) is 22.5 Å². The van der Waals surface area contributed by atoms with Gasteiger partial charge in [0.15, 0.2) is 0 Å². The lowest BCUT2D eigenvalue weighted by molar-refractivity contribution is -0.122. The highest BCUT2D eigenvalue weighted by molar-refractivity contribution is 6.39. The Morgan fingerprint density at radius 2 is 1.50 bits per heavy atom. The van der Waals surface area contributed by atoms with Crippen molar-refractivity contribution in [2.45, 2.75) is 13.8 Å². The van der Waals surface area contributed by atoms with Gasteiger partial charge in [-0.1, -0.05) is 30.3 Å². The molecule has 0 bridgehead atoms. The van der Waals surface area contributed by atoms with Gasteiger partial charge >= 0.3 is 6.03 Å². The molecule has 1 fully saturated rings. The largest absolute Gasteiger partial charge is 0.335 e. The molecule has 1 aliphatic heterocycles. The predicted molar refractivity (Wildman–Crippen MR) is 128 cm³/mol. The Bertz CT molecular complexity index is 1520. The molecule has 4 aromatic rings. The van der Waals surface area contributed by atoms with Crippen LogP contribution in [0.3, 0.4) is 0 Å². The van der Waals surface area contributed by atoms with E-state index in [9.17, 15) is 18.8 Å². The maximum Gasteiger partial charge on any atom is 0.335 e. The number of amides is 4. The molecule has 5 rings (SSSR count). The number of fused-ring (bicyclic) bond motifs is 1. The molecule has 1 saturated heterocycles. The van der Waals surface area contributed by atoms with Crippen molar-refractivity contribution in [3.8, 4) is 5.69 Å². The van der Waals surface area contributed by atoms with Gasteiger partial charge in [-0.15, -0.1) is 0 Å². The molecular formula is C27H20FN3O3. The molecule has 6 nitrogen and oxygen atoms in total. The van der Waals surface area contributed by atoms with Crippen molar-refractivity contribution in [3.63, 3.8) is 0 Å². The number of nitrogens with one attached hydrogen (secondary N) is 1. The summed E-state index contributed by atoms with van der Waals surface area (Å²) in [6.07, 6.45) is 1.49. The Morgan fingerprint density at radius 1 is 0.824 bits per heavy atom. The number of benzene rings is 3. The van der Waals surface area contributed by atoms with Crippen LogP contribution in [0.15, 0.2) is 78.4 Å². The molecule has 1 aliphatic rings. The first kappa shape index (κ1) is 21.3. The van der Waals surface area contributed by atoms with E-state index >= 15 is 0 Å². The number of anilines is 1. The summed E-state index contributed by atoms with van der Waals surface area (Å²) in [5.41, 5.74) is 3.39. The highest BCUT2D eigenvalue weighted by atomic mass is 19.1. The monoisotopic (exact) mass is 453 g/mol. The summed E-state index contributed by atoms with van der Waals surface area (Å²) >= 11 is 0. The number of hydrogen-bond donors (Lipinski definition) is 1. The number of aromatic nitrogens is 1. The number of urea groups is 1. The van der Waals surface area contributed by atoms with Crippen molar-refractivity contribution in [2.24, 2.45) is 0 Å². The van der Waals surface area contributed by atoms with Crippen molar-refractivity contribution >= 4 is 40.4 Å².